The third kappa shape index (κ3) is 5.05. The fraction of sp³-hybridized carbons (Fsp3) is 0.304. The minimum atomic E-state index is -0.442. The summed E-state index contributed by atoms with van der Waals surface area (Å²) in [4.78, 5) is 26.8. The van der Waals surface area contributed by atoms with Crippen molar-refractivity contribution in [3.63, 3.8) is 0 Å². The molecule has 3 aromatic rings. The van der Waals surface area contributed by atoms with Gasteiger partial charge in [-0.05, 0) is 48.9 Å². The second-order valence-electron chi connectivity index (χ2n) is 7.35. The number of amides is 2. The molecule has 0 spiro atoms. The molecule has 1 N–H and O–H groups in total. The molecular formula is C23H24N4O4S. The van der Waals surface area contributed by atoms with E-state index in [0.29, 0.717) is 24.7 Å². The Morgan fingerprint density at radius 2 is 1.84 bits per heavy atom. The van der Waals surface area contributed by atoms with Crippen LogP contribution in [0.15, 0.2) is 48.5 Å². The van der Waals surface area contributed by atoms with Crippen LogP contribution < -0.4 is 19.7 Å². The van der Waals surface area contributed by atoms with E-state index >= 15 is 0 Å². The molecule has 2 aromatic carbocycles. The Kier molecular flexibility index (Phi) is 6.65. The van der Waals surface area contributed by atoms with E-state index in [9.17, 15) is 9.59 Å². The van der Waals surface area contributed by atoms with Crippen molar-refractivity contribution in [2.45, 2.75) is 19.8 Å². The van der Waals surface area contributed by atoms with Gasteiger partial charge in [-0.1, -0.05) is 23.5 Å². The van der Waals surface area contributed by atoms with Gasteiger partial charge in [0.2, 0.25) is 16.9 Å². The average Bonchev–Trinajstić information content (AvgIpc) is 3.41. The highest BCUT2D eigenvalue weighted by Crippen LogP contribution is 2.28. The molecule has 8 nitrogen and oxygen atoms in total. The summed E-state index contributed by atoms with van der Waals surface area (Å²) in [5, 5.41) is 12.3. The maximum Gasteiger partial charge on any atom is 0.231 e. The van der Waals surface area contributed by atoms with Gasteiger partial charge in [0.1, 0.15) is 16.5 Å². The van der Waals surface area contributed by atoms with Crippen molar-refractivity contribution in [2.75, 3.05) is 30.5 Å². The van der Waals surface area contributed by atoms with Crippen molar-refractivity contribution in [2.24, 2.45) is 5.92 Å². The maximum atomic E-state index is 12.7. The topological polar surface area (TPSA) is 93.7 Å². The molecule has 0 unspecified atom stereocenters. The van der Waals surface area contributed by atoms with Crippen LogP contribution in [-0.2, 0) is 16.0 Å². The summed E-state index contributed by atoms with van der Waals surface area (Å²) in [5.74, 6) is 0.803. The minimum Gasteiger partial charge on any atom is -0.497 e. The highest BCUT2D eigenvalue weighted by molar-refractivity contribution is 7.15. The fourth-order valence-corrected chi connectivity index (χ4v) is 4.30. The smallest absolute Gasteiger partial charge is 0.231 e. The van der Waals surface area contributed by atoms with E-state index in [1.807, 2.05) is 55.5 Å². The van der Waals surface area contributed by atoms with E-state index in [1.54, 1.807) is 12.0 Å². The van der Waals surface area contributed by atoms with E-state index in [1.165, 1.54) is 11.3 Å². The highest BCUT2D eigenvalue weighted by atomic mass is 32.1. The van der Waals surface area contributed by atoms with Gasteiger partial charge >= 0.3 is 0 Å². The molecule has 166 valence electrons. The number of nitrogens with zero attached hydrogens (tertiary/aromatic N) is 3. The Balaban J connectivity index is 1.34. The van der Waals surface area contributed by atoms with Crippen LogP contribution in [0.4, 0.5) is 10.8 Å². The highest BCUT2D eigenvalue weighted by Gasteiger charge is 2.35. The third-order valence-electron chi connectivity index (χ3n) is 5.17. The molecule has 2 heterocycles. The molecule has 0 radical (unpaired) electrons. The number of carbonyl (C=O) groups is 2. The number of benzene rings is 2. The van der Waals surface area contributed by atoms with Crippen LogP contribution in [0, 0.1) is 5.92 Å². The SMILES string of the molecule is CCOc1ccc(N2C[C@H](C(=O)Nc3nnc(Cc4ccc(OC)cc4)s3)CC2=O)cc1. The van der Waals surface area contributed by atoms with E-state index in [4.69, 9.17) is 9.47 Å². The van der Waals surface area contributed by atoms with E-state index in [-0.39, 0.29) is 18.2 Å². The normalized spacial score (nSPS) is 15.6. The predicted octanol–water partition coefficient (Wildman–Crippen LogP) is 3.53. The summed E-state index contributed by atoms with van der Waals surface area (Å²) in [6.07, 6.45) is 0.779. The van der Waals surface area contributed by atoms with Crippen molar-refractivity contribution in [1.29, 1.82) is 0 Å². The number of nitrogens with one attached hydrogen (secondary N) is 1. The van der Waals surface area contributed by atoms with Gasteiger partial charge in [-0.25, -0.2) is 0 Å². The monoisotopic (exact) mass is 452 g/mol. The second kappa shape index (κ2) is 9.78. The van der Waals surface area contributed by atoms with Crippen molar-refractivity contribution in [3.05, 3.63) is 59.1 Å². The largest absolute Gasteiger partial charge is 0.497 e. The fourth-order valence-electron chi connectivity index (χ4n) is 3.52. The summed E-state index contributed by atoms with van der Waals surface area (Å²) in [5.41, 5.74) is 1.83. The van der Waals surface area contributed by atoms with Crippen LogP contribution in [0.5, 0.6) is 11.5 Å². The summed E-state index contributed by atoms with van der Waals surface area (Å²) < 4.78 is 10.6. The van der Waals surface area contributed by atoms with Gasteiger partial charge in [0, 0.05) is 25.1 Å². The van der Waals surface area contributed by atoms with Gasteiger partial charge in [-0.3, -0.25) is 9.59 Å². The minimum absolute atomic E-state index is 0.0771. The molecule has 4 rings (SSSR count). The van der Waals surface area contributed by atoms with Crippen molar-refractivity contribution in [1.82, 2.24) is 10.2 Å². The number of aromatic nitrogens is 2. The molecule has 1 aromatic heterocycles. The standard InChI is InChI=1S/C23H24N4O4S/c1-3-31-19-10-6-17(7-11-19)27-14-16(13-21(27)28)22(29)24-23-26-25-20(32-23)12-15-4-8-18(30-2)9-5-15/h4-11,16H,3,12-14H2,1-2H3,(H,24,26,29)/t16-/m1/s1. The quantitative estimate of drug-likeness (QED) is 0.562. The molecule has 1 aliphatic rings. The number of anilines is 2. The first-order valence-corrected chi connectivity index (χ1v) is 11.2. The number of hydrogen-bond acceptors (Lipinski definition) is 7. The van der Waals surface area contributed by atoms with Crippen LogP contribution in [0.2, 0.25) is 0 Å². The van der Waals surface area contributed by atoms with Crippen molar-refractivity contribution < 1.29 is 19.1 Å². The van der Waals surface area contributed by atoms with Gasteiger partial charge in [0.05, 0.1) is 19.6 Å². The number of ether oxygens (including phenoxy) is 2. The Hall–Kier alpha value is -3.46. The first-order chi connectivity index (χ1) is 15.6. The maximum absolute atomic E-state index is 12.7. The predicted molar refractivity (Wildman–Crippen MR) is 122 cm³/mol. The van der Waals surface area contributed by atoms with Crippen LogP contribution in [-0.4, -0.2) is 42.3 Å². The zero-order chi connectivity index (χ0) is 22.5. The zero-order valence-corrected chi connectivity index (χ0v) is 18.7. The lowest BCUT2D eigenvalue weighted by Crippen LogP contribution is -2.28. The van der Waals surface area contributed by atoms with Crippen LogP contribution >= 0.6 is 11.3 Å². The Labute approximate surface area is 190 Å². The lowest BCUT2D eigenvalue weighted by molar-refractivity contribution is -0.122. The van der Waals surface area contributed by atoms with Crippen molar-refractivity contribution in [3.8, 4) is 11.5 Å². The summed E-state index contributed by atoms with van der Waals surface area (Å²) in [6, 6.07) is 15.0. The summed E-state index contributed by atoms with van der Waals surface area (Å²) in [6.45, 7) is 2.83. The second-order valence-corrected chi connectivity index (χ2v) is 8.41. The van der Waals surface area contributed by atoms with Gasteiger partial charge in [-0.2, -0.15) is 0 Å². The van der Waals surface area contributed by atoms with Crippen LogP contribution in [0.25, 0.3) is 0 Å². The van der Waals surface area contributed by atoms with Gasteiger partial charge in [0.25, 0.3) is 0 Å². The average molecular weight is 453 g/mol. The Morgan fingerprint density at radius 3 is 2.53 bits per heavy atom. The van der Waals surface area contributed by atoms with E-state index < -0.39 is 5.92 Å². The summed E-state index contributed by atoms with van der Waals surface area (Å²) in [7, 11) is 1.63. The molecule has 9 heteroatoms. The first kappa shape index (κ1) is 21.8. The van der Waals surface area contributed by atoms with E-state index in [0.717, 1.165) is 27.8 Å². The molecule has 1 aliphatic heterocycles. The van der Waals surface area contributed by atoms with Crippen LogP contribution in [0.3, 0.4) is 0 Å². The van der Waals surface area contributed by atoms with Gasteiger partial charge < -0.3 is 19.7 Å². The molecule has 0 saturated carbocycles. The number of carbonyl (C=O) groups excluding carboxylic acids is 2. The number of hydrogen-bond donors (Lipinski definition) is 1. The lowest BCUT2D eigenvalue weighted by atomic mass is 10.1. The van der Waals surface area contributed by atoms with Crippen molar-refractivity contribution >= 4 is 34.0 Å². The van der Waals surface area contributed by atoms with Crippen LogP contribution in [0.1, 0.15) is 23.9 Å². The Bertz CT molecular complexity index is 1080. The van der Waals surface area contributed by atoms with Gasteiger partial charge in [0.15, 0.2) is 0 Å². The third-order valence-corrected chi connectivity index (χ3v) is 6.01. The molecule has 0 bridgehead atoms. The first-order valence-electron chi connectivity index (χ1n) is 10.3. The molecule has 1 fully saturated rings. The lowest BCUT2D eigenvalue weighted by Gasteiger charge is -2.17. The number of rotatable bonds is 8. The zero-order valence-electron chi connectivity index (χ0n) is 17.9. The number of methoxy groups -OCH3 is 1. The molecule has 2 amide bonds. The van der Waals surface area contributed by atoms with Gasteiger partial charge in [-0.15, -0.1) is 10.2 Å². The summed E-state index contributed by atoms with van der Waals surface area (Å²) >= 11 is 1.33. The molecule has 32 heavy (non-hydrogen) atoms. The Morgan fingerprint density at radius 1 is 1.12 bits per heavy atom. The van der Waals surface area contributed by atoms with E-state index in [2.05, 4.69) is 15.5 Å². The molecule has 0 aliphatic carbocycles. The molecule has 1 saturated heterocycles. The molecule has 1 atom stereocenters. The molecular weight excluding hydrogens is 428 g/mol.